The van der Waals surface area contributed by atoms with E-state index in [0.29, 0.717) is 5.75 Å². The molecule has 2 aromatic carbocycles. The number of unbranched alkanes of at least 4 members (excludes halogenated alkanes) is 1. The second-order valence-corrected chi connectivity index (χ2v) is 4.76. The fraction of sp³-hybridized carbons (Fsp3) is 0.294. The maximum absolute atomic E-state index is 9.54. The number of rotatable bonds is 7. The first-order chi connectivity index (χ1) is 9.79. The van der Waals surface area contributed by atoms with Crippen LogP contribution < -0.4 is 10.1 Å². The van der Waals surface area contributed by atoms with Crippen molar-refractivity contribution in [3.05, 3.63) is 54.1 Å². The molecule has 0 amide bonds. The van der Waals surface area contributed by atoms with Crippen molar-refractivity contribution < 1.29 is 9.84 Å². The molecule has 0 saturated heterocycles. The van der Waals surface area contributed by atoms with Gasteiger partial charge in [0.25, 0.3) is 0 Å². The van der Waals surface area contributed by atoms with E-state index < -0.39 is 0 Å². The van der Waals surface area contributed by atoms with Crippen LogP contribution in [-0.4, -0.2) is 18.8 Å². The molecule has 0 atom stereocenters. The number of hydrogen-bond donors (Lipinski definition) is 2. The van der Waals surface area contributed by atoms with Crippen LogP contribution in [-0.2, 0) is 6.42 Å². The molecule has 0 aliphatic rings. The Morgan fingerprint density at radius 2 is 1.85 bits per heavy atom. The van der Waals surface area contributed by atoms with Gasteiger partial charge in [0.15, 0.2) is 11.5 Å². The zero-order valence-corrected chi connectivity index (χ0v) is 11.8. The molecule has 20 heavy (non-hydrogen) atoms. The molecule has 0 spiro atoms. The van der Waals surface area contributed by atoms with Gasteiger partial charge in [-0.2, -0.15) is 0 Å². The number of phenols is 1. The maximum Gasteiger partial charge on any atom is 0.160 e. The molecule has 2 aromatic rings. The van der Waals surface area contributed by atoms with Gasteiger partial charge < -0.3 is 15.2 Å². The van der Waals surface area contributed by atoms with E-state index >= 15 is 0 Å². The van der Waals surface area contributed by atoms with E-state index in [2.05, 4.69) is 17.4 Å². The molecule has 106 valence electrons. The maximum atomic E-state index is 9.54. The summed E-state index contributed by atoms with van der Waals surface area (Å²) in [6, 6.07) is 15.8. The first-order valence-corrected chi connectivity index (χ1v) is 6.94. The Kier molecular flexibility index (Phi) is 5.30. The summed E-state index contributed by atoms with van der Waals surface area (Å²) in [5.74, 6) is 0.743. The van der Waals surface area contributed by atoms with E-state index in [1.807, 2.05) is 30.3 Å². The Morgan fingerprint density at radius 1 is 1.05 bits per heavy atom. The smallest absolute Gasteiger partial charge is 0.160 e. The van der Waals surface area contributed by atoms with E-state index in [-0.39, 0.29) is 5.75 Å². The zero-order chi connectivity index (χ0) is 14.2. The van der Waals surface area contributed by atoms with Gasteiger partial charge >= 0.3 is 0 Å². The fourth-order valence-electron chi connectivity index (χ4n) is 2.12. The zero-order valence-electron chi connectivity index (χ0n) is 11.8. The number of aryl methyl sites for hydroxylation is 1. The Hall–Kier alpha value is -2.16. The number of benzene rings is 2. The lowest BCUT2D eigenvalue weighted by Crippen LogP contribution is -2.01. The van der Waals surface area contributed by atoms with Crippen molar-refractivity contribution in [3.63, 3.8) is 0 Å². The summed E-state index contributed by atoms with van der Waals surface area (Å²) in [5.41, 5.74) is 2.36. The van der Waals surface area contributed by atoms with Crippen LogP contribution in [0.5, 0.6) is 11.5 Å². The lowest BCUT2D eigenvalue weighted by atomic mass is 10.1. The third kappa shape index (κ3) is 4.19. The number of aromatic hydroxyl groups is 1. The van der Waals surface area contributed by atoms with E-state index in [9.17, 15) is 5.11 Å². The number of hydrogen-bond acceptors (Lipinski definition) is 3. The average molecular weight is 271 g/mol. The summed E-state index contributed by atoms with van der Waals surface area (Å²) in [6.07, 6.45) is 3.21. The SMILES string of the molecule is COc1cc(CCCCNc2ccccc2)ccc1O. The number of para-hydroxylation sites is 1. The molecule has 0 saturated carbocycles. The van der Waals surface area contributed by atoms with Crippen molar-refractivity contribution in [3.8, 4) is 11.5 Å². The minimum atomic E-state index is 0.196. The fourth-order valence-corrected chi connectivity index (χ4v) is 2.12. The highest BCUT2D eigenvalue weighted by Gasteiger charge is 2.02. The van der Waals surface area contributed by atoms with E-state index in [1.165, 1.54) is 11.3 Å². The molecule has 0 fully saturated rings. The predicted octanol–water partition coefficient (Wildman–Crippen LogP) is 3.84. The van der Waals surface area contributed by atoms with Crippen molar-refractivity contribution in [2.75, 3.05) is 19.0 Å². The van der Waals surface area contributed by atoms with Gasteiger partial charge in [0.2, 0.25) is 0 Å². The number of ether oxygens (including phenoxy) is 1. The number of phenolic OH excluding ortho intramolecular Hbond substituents is 1. The summed E-state index contributed by atoms with van der Waals surface area (Å²) in [7, 11) is 1.57. The molecular formula is C17H21NO2. The van der Waals surface area contributed by atoms with Crippen LogP contribution in [0.15, 0.2) is 48.5 Å². The van der Waals surface area contributed by atoms with Crippen LogP contribution in [0, 0.1) is 0 Å². The van der Waals surface area contributed by atoms with E-state index in [1.54, 1.807) is 13.2 Å². The second kappa shape index (κ2) is 7.43. The minimum Gasteiger partial charge on any atom is -0.504 e. The van der Waals surface area contributed by atoms with Crippen LogP contribution >= 0.6 is 0 Å². The largest absolute Gasteiger partial charge is 0.504 e. The van der Waals surface area contributed by atoms with Gasteiger partial charge in [0.1, 0.15) is 0 Å². The topological polar surface area (TPSA) is 41.5 Å². The number of nitrogens with one attached hydrogen (secondary N) is 1. The minimum absolute atomic E-state index is 0.196. The van der Waals surface area contributed by atoms with Crippen molar-refractivity contribution in [2.24, 2.45) is 0 Å². The first-order valence-electron chi connectivity index (χ1n) is 6.94. The van der Waals surface area contributed by atoms with Crippen LogP contribution in [0.3, 0.4) is 0 Å². The Labute approximate surface area is 120 Å². The molecule has 0 radical (unpaired) electrons. The number of anilines is 1. The third-order valence-corrected chi connectivity index (χ3v) is 3.24. The highest BCUT2D eigenvalue weighted by Crippen LogP contribution is 2.26. The van der Waals surface area contributed by atoms with Gasteiger partial charge in [-0.3, -0.25) is 0 Å². The monoisotopic (exact) mass is 271 g/mol. The van der Waals surface area contributed by atoms with Crippen LogP contribution in [0.25, 0.3) is 0 Å². The summed E-state index contributed by atoms with van der Waals surface area (Å²) < 4.78 is 5.11. The van der Waals surface area contributed by atoms with Crippen LogP contribution in [0.2, 0.25) is 0 Å². The highest BCUT2D eigenvalue weighted by atomic mass is 16.5. The van der Waals surface area contributed by atoms with Crippen molar-refractivity contribution >= 4 is 5.69 Å². The van der Waals surface area contributed by atoms with Gasteiger partial charge in [0, 0.05) is 12.2 Å². The van der Waals surface area contributed by atoms with Crippen LogP contribution in [0.4, 0.5) is 5.69 Å². The van der Waals surface area contributed by atoms with Gasteiger partial charge in [-0.25, -0.2) is 0 Å². The second-order valence-electron chi connectivity index (χ2n) is 4.76. The van der Waals surface area contributed by atoms with Crippen LogP contribution in [0.1, 0.15) is 18.4 Å². The van der Waals surface area contributed by atoms with Gasteiger partial charge in [-0.1, -0.05) is 24.3 Å². The van der Waals surface area contributed by atoms with Gasteiger partial charge in [0.05, 0.1) is 7.11 Å². The Bertz CT molecular complexity index is 526. The summed E-state index contributed by atoms with van der Waals surface area (Å²) >= 11 is 0. The molecule has 0 unspecified atom stereocenters. The third-order valence-electron chi connectivity index (χ3n) is 3.24. The molecule has 0 bridgehead atoms. The summed E-state index contributed by atoms with van der Waals surface area (Å²) in [6.45, 7) is 0.971. The van der Waals surface area contributed by atoms with E-state index in [0.717, 1.165) is 25.8 Å². The molecule has 3 nitrogen and oxygen atoms in total. The van der Waals surface area contributed by atoms with E-state index in [4.69, 9.17) is 4.74 Å². The predicted molar refractivity (Wildman–Crippen MR) is 82.5 cm³/mol. The average Bonchev–Trinajstić information content (AvgIpc) is 2.49. The highest BCUT2D eigenvalue weighted by molar-refractivity contribution is 5.42. The molecule has 2 N–H and O–H groups in total. The summed E-state index contributed by atoms with van der Waals surface area (Å²) in [5, 5.41) is 12.9. The lowest BCUT2D eigenvalue weighted by molar-refractivity contribution is 0.373. The molecule has 0 aliphatic carbocycles. The van der Waals surface area contributed by atoms with Crippen molar-refractivity contribution in [2.45, 2.75) is 19.3 Å². The summed E-state index contributed by atoms with van der Waals surface area (Å²) in [4.78, 5) is 0. The van der Waals surface area contributed by atoms with Gasteiger partial charge in [-0.15, -0.1) is 0 Å². The first kappa shape index (κ1) is 14.3. The molecule has 2 rings (SSSR count). The Morgan fingerprint density at radius 3 is 2.60 bits per heavy atom. The Balaban J connectivity index is 1.71. The molecule has 0 heterocycles. The quantitative estimate of drug-likeness (QED) is 0.752. The normalized spacial score (nSPS) is 10.2. The van der Waals surface area contributed by atoms with Gasteiger partial charge in [-0.05, 0) is 49.1 Å². The lowest BCUT2D eigenvalue weighted by Gasteiger charge is -2.08. The van der Waals surface area contributed by atoms with Crippen molar-refractivity contribution in [1.82, 2.24) is 0 Å². The molecule has 0 aromatic heterocycles. The number of methoxy groups -OCH3 is 1. The van der Waals surface area contributed by atoms with Crippen molar-refractivity contribution in [1.29, 1.82) is 0 Å². The standard InChI is InChI=1S/C17H21NO2/c1-20-17-13-14(10-11-16(17)19)7-5-6-12-18-15-8-3-2-4-9-15/h2-4,8-11,13,18-19H,5-7,12H2,1H3. The molecular weight excluding hydrogens is 250 g/mol. The molecule has 0 aliphatic heterocycles. The molecule has 3 heteroatoms.